The normalized spacial score (nSPS) is 16.2. The smallest absolute Gasteiger partial charge is 0.421 e. The number of rotatable bonds is 10. The zero-order valence-corrected chi connectivity index (χ0v) is 22.4. The SMILES string of the molecule is CC(C)(C)OC(=O)NCCCCCC(=O)OC1(CC#N)C(=O)N(C(=O)OCc2ccccc2)c2ccccc21. The maximum absolute atomic E-state index is 13.6. The molecule has 206 valence electrons. The van der Waals surface area contributed by atoms with Gasteiger partial charge in [-0.25, -0.2) is 14.5 Å². The number of carbonyl (C=O) groups excluding carboxylic acids is 4. The number of hydrogen-bond donors (Lipinski definition) is 1. The average Bonchev–Trinajstić information content (AvgIpc) is 3.12. The van der Waals surface area contributed by atoms with Crippen LogP contribution in [0.15, 0.2) is 54.6 Å². The van der Waals surface area contributed by atoms with E-state index in [0.717, 1.165) is 10.5 Å². The van der Waals surface area contributed by atoms with E-state index in [1.807, 2.05) is 12.1 Å². The van der Waals surface area contributed by atoms with Gasteiger partial charge < -0.3 is 19.5 Å². The second kappa shape index (κ2) is 12.9. The summed E-state index contributed by atoms with van der Waals surface area (Å²) < 4.78 is 16.2. The van der Waals surface area contributed by atoms with Crippen molar-refractivity contribution in [3.63, 3.8) is 0 Å². The van der Waals surface area contributed by atoms with E-state index in [1.165, 1.54) is 0 Å². The number of nitrogens with zero attached hydrogens (tertiary/aromatic N) is 2. The zero-order chi connectivity index (χ0) is 28.5. The van der Waals surface area contributed by atoms with Crippen LogP contribution in [-0.2, 0) is 36.0 Å². The van der Waals surface area contributed by atoms with Gasteiger partial charge in [-0.15, -0.1) is 0 Å². The van der Waals surface area contributed by atoms with Crippen LogP contribution in [0, 0.1) is 11.3 Å². The number of esters is 1. The summed E-state index contributed by atoms with van der Waals surface area (Å²) in [5.41, 5.74) is -1.34. The van der Waals surface area contributed by atoms with Crippen LogP contribution in [0.1, 0.15) is 64.0 Å². The van der Waals surface area contributed by atoms with Gasteiger partial charge in [0.2, 0.25) is 5.60 Å². The van der Waals surface area contributed by atoms with Crippen LogP contribution in [0.3, 0.4) is 0 Å². The molecule has 10 heteroatoms. The van der Waals surface area contributed by atoms with Crippen molar-refractivity contribution in [2.24, 2.45) is 0 Å². The highest BCUT2D eigenvalue weighted by Crippen LogP contribution is 2.45. The van der Waals surface area contributed by atoms with Crippen molar-refractivity contribution in [2.75, 3.05) is 11.4 Å². The van der Waals surface area contributed by atoms with E-state index < -0.39 is 41.7 Å². The molecule has 0 bridgehead atoms. The maximum atomic E-state index is 13.6. The lowest BCUT2D eigenvalue weighted by Crippen LogP contribution is -2.46. The third kappa shape index (κ3) is 7.57. The molecule has 1 N–H and O–H groups in total. The minimum absolute atomic E-state index is 0.00643. The van der Waals surface area contributed by atoms with Crippen LogP contribution < -0.4 is 10.2 Å². The van der Waals surface area contributed by atoms with E-state index in [-0.39, 0.29) is 24.3 Å². The van der Waals surface area contributed by atoms with E-state index in [0.29, 0.717) is 25.8 Å². The fourth-order valence-electron chi connectivity index (χ4n) is 4.12. The third-order valence-electron chi connectivity index (χ3n) is 5.86. The van der Waals surface area contributed by atoms with Gasteiger partial charge >= 0.3 is 18.2 Å². The molecule has 1 aliphatic rings. The number of alkyl carbamates (subject to hydrolysis) is 1. The van der Waals surface area contributed by atoms with Gasteiger partial charge in [-0.3, -0.25) is 9.59 Å². The summed E-state index contributed by atoms with van der Waals surface area (Å²) in [6.45, 7) is 5.65. The lowest BCUT2D eigenvalue weighted by Gasteiger charge is -2.26. The van der Waals surface area contributed by atoms with Crippen LogP contribution in [0.25, 0.3) is 0 Å². The Morgan fingerprint density at radius 3 is 2.38 bits per heavy atom. The number of para-hydroxylation sites is 1. The van der Waals surface area contributed by atoms with Crippen molar-refractivity contribution in [3.05, 3.63) is 65.7 Å². The number of carbonyl (C=O) groups is 4. The van der Waals surface area contributed by atoms with Crippen LogP contribution in [0.4, 0.5) is 15.3 Å². The highest BCUT2D eigenvalue weighted by Gasteiger charge is 2.56. The quantitative estimate of drug-likeness (QED) is 0.252. The molecule has 0 spiro atoms. The molecule has 0 saturated heterocycles. The molecule has 1 heterocycles. The molecular weight excluding hydrogens is 502 g/mol. The summed E-state index contributed by atoms with van der Waals surface area (Å²) in [5.74, 6) is -1.52. The van der Waals surface area contributed by atoms with E-state index in [2.05, 4.69) is 5.32 Å². The minimum atomic E-state index is -1.95. The van der Waals surface area contributed by atoms with Gasteiger partial charge in [0.1, 0.15) is 12.2 Å². The van der Waals surface area contributed by atoms with Crippen molar-refractivity contribution < 1.29 is 33.4 Å². The Hall–Kier alpha value is -4.39. The molecule has 2 aromatic carbocycles. The molecule has 2 aromatic rings. The Morgan fingerprint density at radius 2 is 1.69 bits per heavy atom. The Bertz CT molecular complexity index is 1230. The molecule has 0 saturated carbocycles. The van der Waals surface area contributed by atoms with E-state index in [9.17, 15) is 24.4 Å². The summed E-state index contributed by atoms with van der Waals surface area (Å²) >= 11 is 0. The first-order chi connectivity index (χ1) is 18.6. The second-order valence-electron chi connectivity index (χ2n) is 10.1. The number of unbranched alkanes of at least 4 members (excludes halogenated alkanes) is 2. The van der Waals surface area contributed by atoms with Crippen LogP contribution in [0.2, 0.25) is 0 Å². The van der Waals surface area contributed by atoms with Crippen molar-refractivity contribution in [2.45, 2.75) is 70.7 Å². The number of benzene rings is 2. The summed E-state index contributed by atoms with van der Waals surface area (Å²) in [6.07, 6.45) is -0.243. The summed E-state index contributed by atoms with van der Waals surface area (Å²) in [5, 5.41) is 12.2. The van der Waals surface area contributed by atoms with Gasteiger partial charge in [-0.05, 0) is 45.2 Å². The summed E-state index contributed by atoms with van der Waals surface area (Å²) in [4.78, 5) is 51.9. The van der Waals surface area contributed by atoms with Gasteiger partial charge in [0.15, 0.2) is 0 Å². The van der Waals surface area contributed by atoms with Gasteiger partial charge in [-0.1, -0.05) is 55.0 Å². The number of nitriles is 1. The predicted molar refractivity (Wildman–Crippen MR) is 141 cm³/mol. The Balaban J connectivity index is 1.61. The Kier molecular flexibility index (Phi) is 9.66. The molecule has 0 radical (unpaired) electrons. The summed E-state index contributed by atoms with van der Waals surface area (Å²) in [6, 6.07) is 17.3. The van der Waals surface area contributed by atoms with E-state index >= 15 is 0 Å². The molecule has 0 aliphatic carbocycles. The lowest BCUT2D eigenvalue weighted by molar-refractivity contribution is -0.167. The van der Waals surface area contributed by atoms with Gasteiger partial charge in [0, 0.05) is 18.5 Å². The summed E-state index contributed by atoms with van der Waals surface area (Å²) in [7, 11) is 0. The first kappa shape index (κ1) is 29.2. The number of nitrogens with one attached hydrogen (secondary N) is 1. The van der Waals surface area contributed by atoms with Crippen molar-refractivity contribution >= 4 is 29.8 Å². The first-order valence-corrected chi connectivity index (χ1v) is 12.8. The molecule has 3 rings (SSSR count). The molecule has 39 heavy (non-hydrogen) atoms. The predicted octanol–water partition coefficient (Wildman–Crippen LogP) is 5.11. The highest BCUT2D eigenvalue weighted by molar-refractivity contribution is 6.21. The standard InChI is InChI=1S/C29H33N3O7/c1-28(2,3)39-26(35)31-19-11-5-8-16-24(33)38-29(17-18-30)22-14-9-10-15-23(22)32(25(29)34)27(36)37-20-21-12-6-4-7-13-21/h4,6-7,9-10,12-15H,5,8,11,16-17,19-20H2,1-3H3,(H,31,35). The van der Waals surface area contributed by atoms with E-state index in [4.69, 9.17) is 14.2 Å². The monoisotopic (exact) mass is 535 g/mol. The first-order valence-electron chi connectivity index (χ1n) is 12.8. The molecular formula is C29H33N3O7. The fraction of sp³-hybridized carbons (Fsp3) is 0.414. The molecule has 1 unspecified atom stereocenters. The van der Waals surface area contributed by atoms with E-state index in [1.54, 1.807) is 69.3 Å². The van der Waals surface area contributed by atoms with Crippen molar-refractivity contribution in [1.29, 1.82) is 5.26 Å². The molecule has 0 aromatic heterocycles. The second-order valence-corrected chi connectivity index (χ2v) is 10.1. The van der Waals surface area contributed by atoms with Gasteiger partial charge in [-0.2, -0.15) is 5.26 Å². The zero-order valence-electron chi connectivity index (χ0n) is 22.4. The van der Waals surface area contributed by atoms with Crippen LogP contribution in [0.5, 0.6) is 0 Å². The molecule has 0 fully saturated rings. The number of fused-ring (bicyclic) bond motifs is 1. The number of hydrogen-bond acceptors (Lipinski definition) is 8. The van der Waals surface area contributed by atoms with Crippen molar-refractivity contribution in [3.8, 4) is 6.07 Å². The molecule has 3 amide bonds. The fourth-order valence-corrected chi connectivity index (χ4v) is 4.12. The van der Waals surface area contributed by atoms with Gasteiger partial charge in [0.05, 0.1) is 18.2 Å². The Morgan fingerprint density at radius 1 is 1.00 bits per heavy atom. The number of ether oxygens (including phenoxy) is 3. The van der Waals surface area contributed by atoms with Crippen LogP contribution in [-0.4, -0.2) is 36.2 Å². The highest BCUT2D eigenvalue weighted by atomic mass is 16.6. The minimum Gasteiger partial charge on any atom is -0.444 e. The van der Waals surface area contributed by atoms with Gasteiger partial charge in [0.25, 0.3) is 5.91 Å². The molecule has 1 aliphatic heterocycles. The maximum Gasteiger partial charge on any atom is 0.421 e. The van der Waals surface area contributed by atoms with Crippen molar-refractivity contribution in [1.82, 2.24) is 5.32 Å². The third-order valence-corrected chi connectivity index (χ3v) is 5.86. The number of imide groups is 1. The van der Waals surface area contributed by atoms with Crippen LogP contribution >= 0.6 is 0 Å². The Labute approximate surface area is 227 Å². The largest absolute Gasteiger partial charge is 0.444 e. The average molecular weight is 536 g/mol. The number of anilines is 1. The lowest BCUT2D eigenvalue weighted by atomic mass is 9.92. The topological polar surface area (TPSA) is 135 Å². The number of amides is 3. The molecule has 10 nitrogen and oxygen atoms in total. The molecule has 1 atom stereocenters.